The summed E-state index contributed by atoms with van der Waals surface area (Å²) in [4.78, 5) is 23.2. The molecule has 0 saturated heterocycles. The van der Waals surface area contributed by atoms with Gasteiger partial charge in [-0.1, -0.05) is 23.1 Å². The maximum Gasteiger partial charge on any atom is 0.237 e. The molecule has 0 bridgehead atoms. The number of hydrogen-bond donors (Lipinski definition) is 2. The minimum absolute atomic E-state index is 0.00865. The molecule has 2 aromatic rings. The normalized spacial score (nSPS) is 11.9. The van der Waals surface area contributed by atoms with Crippen LogP contribution < -0.4 is 11.1 Å². The molecule has 1 aromatic carbocycles. The topological polar surface area (TPSA) is 98.0 Å². The van der Waals surface area contributed by atoms with Crippen molar-refractivity contribution in [3.63, 3.8) is 0 Å². The van der Waals surface area contributed by atoms with Gasteiger partial charge in [-0.2, -0.15) is 0 Å². The second-order valence-electron chi connectivity index (χ2n) is 4.29. The highest BCUT2D eigenvalue weighted by Gasteiger charge is 2.17. The molecule has 0 unspecified atom stereocenters. The Balaban J connectivity index is 1.95. The summed E-state index contributed by atoms with van der Waals surface area (Å²) < 4.78 is 0.655. The van der Waals surface area contributed by atoms with Crippen molar-refractivity contribution in [3.05, 3.63) is 29.8 Å². The summed E-state index contributed by atoms with van der Waals surface area (Å²) in [5.74, 6) is -0.157. The average molecular weight is 322 g/mol. The van der Waals surface area contributed by atoms with E-state index >= 15 is 0 Å². The van der Waals surface area contributed by atoms with E-state index in [0.29, 0.717) is 20.7 Å². The Morgan fingerprint density at radius 1 is 1.29 bits per heavy atom. The van der Waals surface area contributed by atoms with Gasteiger partial charge in [0.05, 0.1) is 5.25 Å². The fourth-order valence-electron chi connectivity index (χ4n) is 1.50. The molecule has 0 aliphatic carbocycles. The number of rotatable bonds is 5. The fourth-order valence-corrected chi connectivity index (χ4v) is 3.29. The quantitative estimate of drug-likeness (QED) is 0.648. The molecule has 0 aliphatic rings. The first-order valence-corrected chi connectivity index (χ1v) is 7.83. The van der Waals surface area contributed by atoms with Crippen LogP contribution >= 0.6 is 23.1 Å². The van der Waals surface area contributed by atoms with Gasteiger partial charge in [-0.05, 0) is 38.1 Å². The number of nitrogen functional groups attached to an aromatic ring is 1. The first-order chi connectivity index (χ1) is 9.95. The van der Waals surface area contributed by atoms with E-state index in [1.54, 1.807) is 31.2 Å². The number of benzene rings is 1. The summed E-state index contributed by atoms with van der Waals surface area (Å²) in [5, 5.41) is 10.4. The van der Waals surface area contributed by atoms with Crippen LogP contribution in [0.5, 0.6) is 0 Å². The van der Waals surface area contributed by atoms with Crippen LogP contribution in [0.2, 0.25) is 0 Å². The van der Waals surface area contributed by atoms with E-state index in [0.717, 1.165) is 0 Å². The number of thioether (sulfide) groups is 1. The monoisotopic (exact) mass is 322 g/mol. The Hall–Kier alpha value is -1.93. The molecule has 110 valence electrons. The van der Waals surface area contributed by atoms with E-state index in [1.807, 2.05) is 0 Å². The van der Waals surface area contributed by atoms with E-state index in [1.165, 1.54) is 30.0 Å². The summed E-state index contributed by atoms with van der Waals surface area (Å²) >= 11 is 2.54. The molecule has 3 N–H and O–H groups in total. The van der Waals surface area contributed by atoms with Crippen molar-refractivity contribution in [2.75, 3.05) is 11.1 Å². The fraction of sp³-hybridized carbons (Fsp3) is 0.231. The van der Waals surface area contributed by atoms with Crippen molar-refractivity contribution in [1.29, 1.82) is 0 Å². The van der Waals surface area contributed by atoms with Gasteiger partial charge in [-0.25, -0.2) is 0 Å². The number of hydrogen-bond acceptors (Lipinski definition) is 7. The lowest BCUT2D eigenvalue weighted by molar-refractivity contribution is -0.115. The van der Waals surface area contributed by atoms with E-state index < -0.39 is 0 Å². The van der Waals surface area contributed by atoms with Gasteiger partial charge >= 0.3 is 0 Å². The molecule has 0 spiro atoms. The van der Waals surface area contributed by atoms with Crippen molar-refractivity contribution >= 4 is 45.6 Å². The van der Waals surface area contributed by atoms with Crippen LogP contribution in [0.25, 0.3) is 0 Å². The second-order valence-corrected chi connectivity index (χ2v) is 6.89. The second kappa shape index (κ2) is 6.68. The maximum absolute atomic E-state index is 12.1. The molecular formula is C13H14N4O2S2. The third kappa shape index (κ3) is 4.27. The standard InChI is InChI=1S/C13H14N4O2S2/c1-7(18)9-3-5-10(6-4-9)15-11(19)8(2)20-13-17-16-12(14)21-13/h3-6,8H,1-2H3,(H2,14,16)(H,15,19)/t8-/m0/s1. The molecule has 21 heavy (non-hydrogen) atoms. The van der Waals surface area contributed by atoms with E-state index in [2.05, 4.69) is 15.5 Å². The van der Waals surface area contributed by atoms with E-state index in [9.17, 15) is 9.59 Å². The summed E-state index contributed by atoms with van der Waals surface area (Å²) in [5.41, 5.74) is 6.75. The average Bonchev–Trinajstić information content (AvgIpc) is 2.84. The summed E-state index contributed by atoms with van der Waals surface area (Å²) in [6.45, 7) is 3.28. The van der Waals surface area contributed by atoms with Gasteiger partial charge in [0.15, 0.2) is 10.1 Å². The van der Waals surface area contributed by atoms with Crippen molar-refractivity contribution in [2.24, 2.45) is 0 Å². The molecule has 1 amide bonds. The van der Waals surface area contributed by atoms with Gasteiger partial charge in [-0.3, -0.25) is 9.59 Å². The summed E-state index contributed by atoms with van der Waals surface area (Å²) in [6.07, 6.45) is 0. The molecule has 0 radical (unpaired) electrons. The smallest absolute Gasteiger partial charge is 0.237 e. The molecule has 0 saturated carbocycles. The Labute approximate surface area is 130 Å². The molecule has 6 nitrogen and oxygen atoms in total. The zero-order valence-corrected chi connectivity index (χ0v) is 13.1. The number of aromatic nitrogens is 2. The number of nitrogens with zero attached hydrogens (tertiary/aromatic N) is 2. The highest BCUT2D eigenvalue weighted by atomic mass is 32.2. The van der Waals surface area contributed by atoms with Crippen LogP contribution in [-0.4, -0.2) is 27.1 Å². The Kier molecular flexibility index (Phi) is 4.92. The Bertz CT molecular complexity index is 654. The van der Waals surface area contributed by atoms with Crippen molar-refractivity contribution in [3.8, 4) is 0 Å². The van der Waals surface area contributed by atoms with Crippen LogP contribution in [0.15, 0.2) is 28.6 Å². The van der Waals surface area contributed by atoms with Crippen LogP contribution in [-0.2, 0) is 4.79 Å². The molecule has 8 heteroatoms. The van der Waals surface area contributed by atoms with E-state index in [4.69, 9.17) is 5.73 Å². The summed E-state index contributed by atoms with van der Waals surface area (Å²) in [6, 6.07) is 6.77. The predicted octanol–water partition coefficient (Wildman–Crippen LogP) is 2.44. The SMILES string of the molecule is CC(=O)c1ccc(NC(=O)[C@H](C)Sc2nnc(N)s2)cc1. The number of nitrogens with two attached hydrogens (primary N) is 1. The predicted molar refractivity (Wildman–Crippen MR) is 84.7 cm³/mol. The van der Waals surface area contributed by atoms with Gasteiger partial charge in [0.25, 0.3) is 0 Å². The lowest BCUT2D eigenvalue weighted by atomic mass is 10.1. The number of Topliss-reactive ketones (excluding diaryl/α,β-unsaturated/α-hetero) is 1. The number of carbonyl (C=O) groups excluding carboxylic acids is 2. The van der Waals surface area contributed by atoms with Crippen molar-refractivity contribution in [1.82, 2.24) is 10.2 Å². The molecule has 1 aromatic heterocycles. The minimum atomic E-state index is -0.329. The zero-order chi connectivity index (χ0) is 15.4. The first-order valence-electron chi connectivity index (χ1n) is 6.13. The van der Waals surface area contributed by atoms with Crippen LogP contribution in [0.4, 0.5) is 10.8 Å². The van der Waals surface area contributed by atoms with Gasteiger partial charge in [0.2, 0.25) is 11.0 Å². The van der Waals surface area contributed by atoms with Crippen LogP contribution in [0.1, 0.15) is 24.2 Å². The number of ketones is 1. The number of anilines is 2. The Morgan fingerprint density at radius 2 is 1.95 bits per heavy atom. The lowest BCUT2D eigenvalue weighted by Gasteiger charge is -2.10. The third-order valence-corrected chi connectivity index (χ3v) is 4.56. The Morgan fingerprint density at radius 3 is 2.48 bits per heavy atom. The number of carbonyl (C=O) groups is 2. The van der Waals surface area contributed by atoms with Gasteiger partial charge in [0, 0.05) is 11.3 Å². The largest absolute Gasteiger partial charge is 0.374 e. The third-order valence-electron chi connectivity index (χ3n) is 2.63. The highest BCUT2D eigenvalue weighted by molar-refractivity contribution is 8.02. The van der Waals surface area contributed by atoms with Gasteiger partial charge in [0.1, 0.15) is 0 Å². The molecule has 0 fully saturated rings. The molecule has 2 rings (SSSR count). The first kappa shape index (κ1) is 15.5. The molecular weight excluding hydrogens is 308 g/mol. The van der Waals surface area contributed by atoms with Crippen molar-refractivity contribution in [2.45, 2.75) is 23.4 Å². The zero-order valence-electron chi connectivity index (χ0n) is 11.5. The lowest BCUT2D eigenvalue weighted by Crippen LogP contribution is -2.22. The van der Waals surface area contributed by atoms with Crippen LogP contribution in [0, 0.1) is 0 Å². The van der Waals surface area contributed by atoms with Crippen LogP contribution in [0.3, 0.4) is 0 Å². The van der Waals surface area contributed by atoms with E-state index in [-0.39, 0.29) is 16.9 Å². The molecule has 1 atom stereocenters. The minimum Gasteiger partial charge on any atom is -0.374 e. The number of amides is 1. The van der Waals surface area contributed by atoms with Gasteiger partial charge in [-0.15, -0.1) is 10.2 Å². The highest BCUT2D eigenvalue weighted by Crippen LogP contribution is 2.28. The van der Waals surface area contributed by atoms with Gasteiger partial charge < -0.3 is 11.1 Å². The summed E-state index contributed by atoms with van der Waals surface area (Å²) in [7, 11) is 0. The molecule has 0 aliphatic heterocycles. The maximum atomic E-state index is 12.1. The molecule has 1 heterocycles. The number of nitrogens with one attached hydrogen (secondary N) is 1. The van der Waals surface area contributed by atoms with Crippen molar-refractivity contribution < 1.29 is 9.59 Å².